The van der Waals surface area contributed by atoms with Gasteiger partial charge in [-0.1, -0.05) is 6.07 Å². The van der Waals surface area contributed by atoms with Crippen molar-refractivity contribution >= 4 is 22.0 Å². The van der Waals surface area contributed by atoms with Crippen LogP contribution in [0.2, 0.25) is 0 Å². The Balaban J connectivity index is 1.64. The zero-order valence-corrected chi connectivity index (χ0v) is 12.8. The molecule has 1 aromatic rings. The first-order valence-corrected chi connectivity index (χ1v) is 8.65. The molecule has 0 aromatic heterocycles. The molecule has 3 amide bonds. The molecule has 1 aliphatic heterocycles. The molecule has 1 heterocycles. The van der Waals surface area contributed by atoms with E-state index in [9.17, 15) is 18.0 Å². The first kappa shape index (κ1) is 15.0. The van der Waals surface area contributed by atoms with Crippen LogP contribution >= 0.6 is 0 Å². The highest BCUT2D eigenvalue weighted by Crippen LogP contribution is 2.24. The Kier molecular flexibility index (Phi) is 3.88. The standard InChI is InChI=1S/C14H17N3O4S/c18-13-9-15-14(19)17(13)7-6-16-22(20,21)12-5-4-10-2-1-3-11(10)8-12/h4-5,8,16H,1-3,6-7,9H2,(H,15,19). The number of aryl methyl sites for hydroxylation is 2. The van der Waals surface area contributed by atoms with Crippen molar-refractivity contribution in [3.63, 3.8) is 0 Å². The number of amides is 3. The molecule has 22 heavy (non-hydrogen) atoms. The van der Waals surface area contributed by atoms with Gasteiger partial charge in [0.1, 0.15) is 0 Å². The third-order valence-corrected chi connectivity index (χ3v) is 5.40. The van der Waals surface area contributed by atoms with Gasteiger partial charge in [0.15, 0.2) is 0 Å². The molecule has 0 unspecified atom stereocenters. The predicted molar refractivity (Wildman–Crippen MR) is 78.8 cm³/mol. The van der Waals surface area contributed by atoms with Gasteiger partial charge in [0.2, 0.25) is 15.9 Å². The summed E-state index contributed by atoms with van der Waals surface area (Å²) >= 11 is 0. The Hall–Kier alpha value is -1.93. The summed E-state index contributed by atoms with van der Waals surface area (Å²) in [7, 11) is -3.63. The summed E-state index contributed by atoms with van der Waals surface area (Å²) in [5, 5.41) is 2.39. The van der Waals surface area contributed by atoms with Crippen LogP contribution in [0.4, 0.5) is 4.79 Å². The van der Waals surface area contributed by atoms with Gasteiger partial charge < -0.3 is 5.32 Å². The van der Waals surface area contributed by atoms with Crippen LogP contribution in [0.25, 0.3) is 0 Å². The molecule has 3 rings (SSSR count). The highest BCUT2D eigenvalue weighted by molar-refractivity contribution is 7.89. The van der Waals surface area contributed by atoms with Crippen LogP contribution in [0.15, 0.2) is 23.1 Å². The molecule has 7 nitrogen and oxygen atoms in total. The van der Waals surface area contributed by atoms with Crippen molar-refractivity contribution in [2.24, 2.45) is 0 Å². The maximum Gasteiger partial charge on any atom is 0.324 e. The van der Waals surface area contributed by atoms with Gasteiger partial charge in [0.25, 0.3) is 0 Å². The van der Waals surface area contributed by atoms with Gasteiger partial charge in [0, 0.05) is 13.1 Å². The Labute approximate surface area is 128 Å². The van der Waals surface area contributed by atoms with Gasteiger partial charge in [0.05, 0.1) is 11.4 Å². The quantitative estimate of drug-likeness (QED) is 0.746. The number of rotatable bonds is 5. The number of carbonyl (C=O) groups is 2. The molecule has 0 spiro atoms. The molecule has 1 aromatic carbocycles. The Morgan fingerprint density at radius 3 is 2.68 bits per heavy atom. The lowest BCUT2D eigenvalue weighted by molar-refractivity contribution is -0.124. The van der Waals surface area contributed by atoms with Gasteiger partial charge >= 0.3 is 6.03 Å². The Bertz CT molecular complexity index is 714. The van der Waals surface area contributed by atoms with E-state index < -0.39 is 16.1 Å². The van der Waals surface area contributed by atoms with Gasteiger partial charge in [-0.2, -0.15) is 0 Å². The number of carbonyl (C=O) groups excluding carboxylic acids is 2. The lowest BCUT2D eigenvalue weighted by Crippen LogP contribution is -2.38. The minimum atomic E-state index is -3.63. The Morgan fingerprint density at radius 2 is 1.95 bits per heavy atom. The minimum Gasteiger partial charge on any atom is -0.329 e. The topological polar surface area (TPSA) is 95.6 Å². The summed E-state index contributed by atoms with van der Waals surface area (Å²) in [5.41, 5.74) is 2.29. The van der Waals surface area contributed by atoms with Crippen molar-refractivity contribution < 1.29 is 18.0 Å². The summed E-state index contributed by atoms with van der Waals surface area (Å²) < 4.78 is 26.9. The number of nitrogens with one attached hydrogen (secondary N) is 2. The summed E-state index contributed by atoms with van der Waals surface area (Å²) in [4.78, 5) is 24.0. The minimum absolute atomic E-state index is 0.00141. The Morgan fingerprint density at radius 1 is 1.18 bits per heavy atom. The average molecular weight is 323 g/mol. The number of hydrogen-bond donors (Lipinski definition) is 2. The number of urea groups is 1. The van der Waals surface area contributed by atoms with Gasteiger partial charge in [-0.15, -0.1) is 0 Å². The second-order valence-electron chi connectivity index (χ2n) is 5.39. The van der Waals surface area contributed by atoms with E-state index in [0.717, 1.165) is 29.7 Å². The zero-order valence-electron chi connectivity index (χ0n) is 12.0. The van der Waals surface area contributed by atoms with Crippen molar-refractivity contribution in [2.45, 2.75) is 24.2 Å². The maximum atomic E-state index is 12.3. The maximum absolute atomic E-state index is 12.3. The first-order valence-electron chi connectivity index (χ1n) is 7.17. The van der Waals surface area contributed by atoms with Crippen LogP contribution < -0.4 is 10.0 Å². The largest absolute Gasteiger partial charge is 0.329 e. The highest BCUT2D eigenvalue weighted by atomic mass is 32.2. The highest BCUT2D eigenvalue weighted by Gasteiger charge is 2.28. The molecule has 1 aliphatic carbocycles. The van der Waals surface area contributed by atoms with Gasteiger partial charge in [-0.25, -0.2) is 17.9 Å². The van der Waals surface area contributed by atoms with Crippen LogP contribution in [0.1, 0.15) is 17.5 Å². The fourth-order valence-electron chi connectivity index (χ4n) is 2.77. The summed E-state index contributed by atoms with van der Waals surface area (Å²) in [5.74, 6) is -0.346. The van der Waals surface area contributed by atoms with E-state index in [1.165, 1.54) is 5.56 Å². The van der Waals surface area contributed by atoms with Crippen LogP contribution in [0.3, 0.4) is 0 Å². The average Bonchev–Trinajstić information content (AvgIpc) is 3.07. The van der Waals surface area contributed by atoms with Crippen LogP contribution in [-0.2, 0) is 27.7 Å². The van der Waals surface area contributed by atoms with Crippen molar-refractivity contribution in [2.75, 3.05) is 19.6 Å². The SMILES string of the molecule is O=C1CNC(=O)N1CCNS(=O)(=O)c1ccc2c(c1)CCC2. The third kappa shape index (κ3) is 2.84. The number of imide groups is 1. The molecule has 0 radical (unpaired) electrons. The lowest BCUT2D eigenvalue weighted by atomic mass is 10.1. The van der Waals surface area contributed by atoms with Crippen molar-refractivity contribution in [1.29, 1.82) is 0 Å². The van der Waals surface area contributed by atoms with E-state index in [-0.39, 0.29) is 30.4 Å². The molecule has 1 saturated heterocycles. The van der Waals surface area contributed by atoms with E-state index in [1.807, 2.05) is 6.07 Å². The van der Waals surface area contributed by atoms with Crippen LogP contribution in [0.5, 0.6) is 0 Å². The summed E-state index contributed by atoms with van der Waals surface area (Å²) in [6.45, 7) is -0.0101. The number of fused-ring (bicyclic) bond motifs is 1. The monoisotopic (exact) mass is 323 g/mol. The molecule has 0 saturated carbocycles. The molecular weight excluding hydrogens is 306 g/mol. The van der Waals surface area contributed by atoms with Gasteiger partial charge in [-0.05, 0) is 42.5 Å². The molecule has 2 N–H and O–H groups in total. The number of nitrogens with zero attached hydrogens (tertiary/aromatic N) is 1. The first-order chi connectivity index (χ1) is 10.5. The second kappa shape index (κ2) is 5.69. The van der Waals surface area contributed by atoms with E-state index in [1.54, 1.807) is 12.1 Å². The van der Waals surface area contributed by atoms with E-state index >= 15 is 0 Å². The van der Waals surface area contributed by atoms with Crippen molar-refractivity contribution in [1.82, 2.24) is 14.9 Å². The fraction of sp³-hybridized carbons (Fsp3) is 0.429. The van der Waals surface area contributed by atoms with E-state index in [2.05, 4.69) is 10.0 Å². The molecule has 2 aliphatic rings. The molecule has 0 bridgehead atoms. The number of hydrogen-bond acceptors (Lipinski definition) is 4. The number of benzene rings is 1. The third-order valence-electron chi connectivity index (χ3n) is 3.94. The molecule has 1 fully saturated rings. The summed E-state index contributed by atoms with van der Waals surface area (Å²) in [6.07, 6.45) is 2.95. The lowest BCUT2D eigenvalue weighted by Gasteiger charge is -2.13. The predicted octanol–water partition coefficient (Wildman–Crippen LogP) is 0.00540. The van der Waals surface area contributed by atoms with Crippen LogP contribution in [0, 0.1) is 0 Å². The molecule has 118 valence electrons. The van der Waals surface area contributed by atoms with E-state index in [4.69, 9.17) is 0 Å². The van der Waals surface area contributed by atoms with E-state index in [0.29, 0.717) is 0 Å². The smallest absolute Gasteiger partial charge is 0.324 e. The van der Waals surface area contributed by atoms with Crippen molar-refractivity contribution in [3.8, 4) is 0 Å². The zero-order chi connectivity index (χ0) is 15.7. The summed E-state index contributed by atoms with van der Waals surface area (Å²) in [6, 6.07) is 4.68. The van der Waals surface area contributed by atoms with Crippen molar-refractivity contribution in [3.05, 3.63) is 29.3 Å². The second-order valence-corrected chi connectivity index (χ2v) is 7.15. The normalized spacial score (nSPS) is 17.7. The molecule has 8 heteroatoms. The number of sulfonamides is 1. The van der Waals surface area contributed by atoms with Crippen LogP contribution in [-0.4, -0.2) is 44.9 Å². The fourth-order valence-corrected chi connectivity index (χ4v) is 3.84. The van der Waals surface area contributed by atoms with Gasteiger partial charge in [-0.3, -0.25) is 9.69 Å². The molecular formula is C14H17N3O4S. The molecule has 0 atom stereocenters.